The number of hydrogen-bond acceptors (Lipinski definition) is 9. The van der Waals surface area contributed by atoms with E-state index in [1.807, 2.05) is 43.8 Å². The van der Waals surface area contributed by atoms with Gasteiger partial charge in [0.25, 0.3) is 0 Å². The molecule has 5 N–H and O–H groups in total. The SMILES string of the molecule is CC(C)c1cc(-c2nn(CC(C)(C)C(NC(=O)OC(C)(C)C)(NC(=O)OC(C)(C)C)C(=O)O)c(=O)n2-c2ccc3c(ccn3C)c2)c(O)cc1O. The van der Waals surface area contributed by atoms with Gasteiger partial charge in [0.1, 0.15) is 22.7 Å². The van der Waals surface area contributed by atoms with Crippen molar-refractivity contribution in [3.8, 4) is 28.6 Å². The van der Waals surface area contributed by atoms with Crippen molar-refractivity contribution in [3.05, 3.63) is 58.6 Å². The highest BCUT2D eigenvalue weighted by Crippen LogP contribution is 2.38. The third-order valence-electron chi connectivity index (χ3n) is 8.23. The van der Waals surface area contributed by atoms with Crippen LogP contribution < -0.4 is 16.3 Å². The van der Waals surface area contributed by atoms with Crippen LogP contribution in [0.2, 0.25) is 0 Å². The van der Waals surface area contributed by atoms with Crippen LogP contribution in [0.3, 0.4) is 0 Å². The maximum Gasteiger partial charge on any atom is 0.409 e. The number of fused-ring (bicyclic) bond motifs is 1. The minimum absolute atomic E-state index is 0.00777. The van der Waals surface area contributed by atoms with E-state index in [0.717, 1.165) is 15.6 Å². The summed E-state index contributed by atoms with van der Waals surface area (Å²) >= 11 is 0. The van der Waals surface area contributed by atoms with E-state index in [4.69, 9.17) is 9.47 Å². The summed E-state index contributed by atoms with van der Waals surface area (Å²) in [6.45, 7) is 15.6. The average molecular weight is 709 g/mol. The fourth-order valence-corrected chi connectivity index (χ4v) is 5.73. The van der Waals surface area contributed by atoms with Crippen molar-refractivity contribution in [3.63, 3.8) is 0 Å². The lowest BCUT2D eigenvalue weighted by molar-refractivity contribution is -0.153. The number of carboxylic acid groups (broad SMARTS) is 1. The zero-order valence-electron chi connectivity index (χ0n) is 30.9. The van der Waals surface area contributed by atoms with Crippen LogP contribution in [0.4, 0.5) is 9.59 Å². The summed E-state index contributed by atoms with van der Waals surface area (Å²) in [5.41, 5.74) is -5.24. The standard InChI is InChI=1S/C36H48N6O9/c1-20(2)23-17-24(27(44)18-26(23)43)28-39-41(32(49)42(28)22-12-13-25-21(16-22)14-15-40(25)11)19-35(9,10)36(29(45)46,37-30(47)50-33(3,4)5)38-31(48)51-34(6,7)8/h12-18,20,43-44H,19H2,1-11H3,(H,37,47)(H,38,48)(H,45,46). The number of aliphatic carboxylic acids is 1. The Morgan fingerprint density at radius 1 is 0.863 bits per heavy atom. The van der Waals surface area contributed by atoms with Crippen LogP contribution in [0.25, 0.3) is 28.0 Å². The molecule has 0 fully saturated rings. The zero-order valence-corrected chi connectivity index (χ0v) is 30.9. The van der Waals surface area contributed by atoms with Gasteiger partial charge in [-0.25, -0.2) is 28.4 Å². The van der Waals surface area contributed by atoms with Gasteiger partial charge < -0.3 is 29.4 Å². The maximum atomic E-state index is 14.5. The lowest BCUT2D eigenvalue weighted by atomic mass is 9.78. The van der Waals surface area contributed by atoms with E-state index in [9.17, 15) is 34.5 Å². The van der Waals surface area contributed by atoms with Crippen molar-refractivity contribution in [1.29, 1.82) is 0 Å². The summed E-state index contributed by atoms with van der Waals surface area (Å²) in [5, 5.41) is 42.5. The van der Waals surface area contributed by atoms with Crippen molar-refractivity contribution < 1.29 is 39.2 Å². The number of amides is 2. The predicted molar refractivity (Wildman–Crippen MR) is 190 cm³/mol. The minimum Gasteiger partial charge on any atom is -0.508 e. The predicted octanol–water partition coefficient (Wildman–Crippen LogP) is 5.58. The number of aromatic nitrogens is 4. The zero-order chi connectivity index (χ0) is 38.4. The summed E-state index contributed by atoms with van der Waals surface area (Å²) < 4.78 is 14.9. The largest absolute Gasteiger partial charge is 0.508 e. The molecular weight excluding hydrogens is 660 g/mol. The first-order valence-corrected chi connectivity index (χ1v) is 16.4. The van der Waals surface area contributed by atoms with Gasteiger partial charge in [0.15, 0.2) is 5.82 Å². The van der Waals surface area contributed by atoms with E-state index in [2.05, 4.69) is 15.7 Å². The van der Waals surface area contributed by atoms with Crippen molar-refractivity contribution in [1.82, 2.24) is 29.5 Å². The van der Waals surface area contributed by atoms with Crippen LogP contribution in [0.15, 0.2) is 47.4 Å². The first kappa shape index (κ1) is 38.3. The van der Waals surface area contributed by atoms with Crippen molar-refractivity contribution in [2.24, 2.45) is 12.5 Å². The number of phenols is 2. The molecule has 4 rings (SSSR count). The van der Waals surface area contributed by atoms with Gasteiger partial charge in [0.2, 0.25) is 5.66 Å². The second-order valence-electron chi connectivity index (χ2n) is 15.5. The first-order valence-electron chi connectivity index (χ1n) is 16.4. The molecule has 4 aromatic rings. The van der Waals surface area contributed by atoms with Gasteiger partial charge in [-0.3, -0.25) is 10.6 Å². The molecule has 15 nitrogen and oxygen atoms in total. The molecule has 2 heterocycles. The molecule has 0 radical (unpaired) electrons. The number of carbonyl (C=O) groups excluding carboxylic acids is 2. The molecule has 0 spiro atoms. The number of carbonyl (C=O) groups is 3. The molecule has 2 amide bonds. The molecule has 2 aromatic heterocycles. The number of nitrogens with one attached hydrogen (secondary N) is 2. The Morgan fingerprint density at radius 2 is 1.43 bits per heavy atom. The molecular formula is C36H48N6O9. The summed E-state index contributed by atoms with van der Waals surface area (Å²) in [4.78, 5) is 54.1. The fourth-order valence-electron chi connectivity index (χ4n) is 5.73. The molecule has 276 valence electrons. The highest BCUT2D eigenvalue weighted by atomic mass is 16.6. The van der Waals surface area contributed by atoms with Crippen LogP contribution in [0.1, 0.15) is 80.7 Å². The highest BCUT2D eigenvalue weighted by Gasteiger charge is 2.56. The Labute approximate surface area is 295 Å². The molecule has 2 aromatic carbocycles. The third kappa shape index (κ3) is 7.97. The smallest absolute Gasteiger partial charge is 0.409 e. The van der Waals surface area contributed by atoms with E-state index < -0.39 is 52.7 Å². The Kier molecular flexibility index (Phi) is 10.0. The van der Waals surface area contributed by atoms with Gasteiger partial charge >= 0.3 is 23.8 Å². The summed E-state index contributed by atoms with van der Waals surface area (Å²) in [5.74, 6) is -2.34. The second kappa shape index (κ2) is 13.3. The summed E-state index contributed by atoms with van der Waals surface area (Å²) in [7, 11) is 1.88. The number of benzene rings is 2. The molecule has 0 aliphatic heterocycles. The lowest BCUT2D eigenvalue weighted by Crippen LogP contribution is -2.74. The molecule has 0 saturated carbocycles. The van der Waals surface area contributed by atoms with Crippen molar-refractivity contribution in [2.45, 2.75) is 98.6 Å². The summed E-state index contributed by atoms with van der Waals surface area (Å²) in [6.07, 6.45) is -0.441. The maximum absolute atomic E-state index is 14.5. The van der Waals surface area contributed by atoms with Gasteiger partial charge in [-0.15, -0.1) is 5.10 Å². The van der Waals surface area contributed by atoms with Crippen molar-refractivity contribution >= 4 is 29.1 Å². The number of alkyl carbamates (subject to hydrolysis) is 2. The van der Waals surface area contributed by atoms with Gasteiger partial charge in [0, 0.05) is 35.6 Å². The Morgan fingerprint density at radius 3 is 1.94 bits per heavy atom. The van der Waals surface area contributed by atoms with Gasteiger partial charge in [-0.05, 0) is 83.4 Å². The van der Waals surface area contributed by atoms with E-state index in [0.29, 0.717) is 11.3 Å². The van der Waals surface area contributed by atoms with E-state index in [-0.39, 0.29) is 28.8 Å². The van der Waals surface area contributed by atoms with E-state index in [1.54, 1.807) is 59.7 Å². The van der Waals surface area contributed by atoms with E-state index in [1.165, 1.54) is 24.5 Å². The Hall–Kier alpha value is -5.47. The molecule has 0 atom stereocenters. The fraction of sp³-hybridized carbons (Fsp3) is 0.472. The number of nitrogens with zero attached hydrogens (tertiary/aromatic N) is 4. The second-order valence-corrected chi connectivity index (χ2v) is 15.5. The molecule has 15 heteroatoms. The molecule has 0 aliphatic carbocycles. The Balaban J connectivity index is 1.96. The normalized spacial score (nSPS) is 12.6. The third-order valence-corrected chi connectivity index (χ3v) is 8.23. The van der Waals surface area contributed by atoms with Gasteiger partial charge in [0.05, 0.1) is 17.8 Å². The number of aromatic hydroxyl groups is 2. The average Bonchev–Trinajstić information content (AvgIpc) is 3.48. The monoisotopic (exact) mass is 708 g/mol. The van der Waals surface area contributed by atoms with E-state index >= 15 is 0 Å². The van der Waals surface area contributed by atoms with Crippen LogP contribution in [-0.4, -0.2) is 69.3 Å². The lowest BCUT2D eigenvalue weighted by Gasteiger charge is -2.43. The van der Waals surface area contributed by atoms with Crippen LogP contribution in [0.5, 0.6) is 11.5 Å². The summed E-state index contributed by atoms with van der Waals surface area (Å²) in [6, 6.07) is 9.89. The quantitative estimate of drug-likeness (QED) is 0.137. The first-order chi connectivity index (χ1) is 23.4. The molecule has 0 unspecified atom stereocenters. The van der Waals surface area contributed by atoms with Crippen LogP contribution in [-0.2, 0) is 27.9 Å². The highest BCUT2D eigenvalue weighted by molar-refractivity contribution is 5.89. The number of aryl methyl sites for hydroxylation is 1. The molecule has 0 aliphatic rings. The van der Waals surface area contributed by atoms with Gasteiger partial charge in [-0.1, -0.05) is 27.7 Å². The van der Waals surface area contributed by atoms with Crippen molar-refractivity contribution in [2.75, 3.05) is 0 Å². The molecule has 0 saturated heterocycles. The number of ether oxygens (including phenoxy) is 2. The Bertz CT molecular complexity index is 2010. The van der Waals surface area contributed by atoms with Crippen LogP contribution >= 0.6 is 0 Å². The molecule has 51 heavy (non-hydrogen) atoms. The number of rotatable bonds is 9. The topological polar surface area (TPSA) is 199 Å². The minimum atomic E-state index is -2.62. The van der Waals surface area contributed by atoms with Crippen LogP contribution in [0, 0.1) is 5.41 Å². The number of hydrogen-bond donors (Lipinski definition) is 5. The number of carboxylic acids is 1. The molecule has 0 bridgehead atoms. The van der Waals surface area contributed by atoms with Gasteiger partial charge in [-0.2, -0.15) is 0 Å². The number of phenolic OH excluding ortho intramolecular Hbond substituents is 2.